The van der Waals surface area contributed by atoms with Gasteiger partial charge in [-0.1, -0.05) is 31.5 Å². The molecule has 0 bridgehead atoms. The van der Waals surface area contributed by atoms with Gasteiger partial charge in [0.1, 0.15) is 13.2 Å². The van der Waals surface area contributed by atoms with E-state index in [0.717, 1.165) is 25.9 Å². The van der Waals surface area contributed by atoms with Gasteiger partial charge in [0.05, 0.1) is 0 Å². The lowest BCUT2D eigenvalue weighted by Crippen LogP contribution is -2.50. The second-order valence-electron chi connectivity index (χ2n) is 5.90. The maximum absolute atomic E-state index is 12.1. The minimum atomic E-state index is -0.162. The third-order valence-electron chi connectivity index (χ3n) is 4.06. The number of para-hydroxylation sites is 1. The number of carbonyl (C=O) groups excluding carboxylic acids is 2. The van der Waals surface area contributed by atoms with Crippen molar-refractivity contribution in [3.63, 3.8) is 0 Å². The molecule has 1 saturated heterocycles. The van der Waals surface area contributed by atoms with Gasteiger partial charge < -0.3 is 19.9 Å². The van der Waals surface area contributed by atoms with E-state index >= 15 is 0 Å². The zero-order valence-electron chi connectivity index (χ0n) is 14.4. The smallest absolute Gasteiger partial charge is 0.248 e. The fourth-order valence-electron chi connectivity index (χ4n) is 2.63. The fraction of sp³-hybridized carbons (Fsp3) is 0.556. The fourth-order valence-corrected chi connectivity index (χ4v) is 2.63. The Morgan fingerprint density at radius 3 is 2.46 bits per heavy atom. The van der Waals surface area contributed by atoms with Crippen molar-refractivity contribution in [2.75, 3.05) is 50.8 Å². The van der Waals surface area contributed by atoms with Crippen LogP contribution < -0.4 is 10.2 Å². The molecule has 1 aliphatic heterocycles. The molecular weight excluding hydrogens is 306 g/mol. The van der Waals surface area contributed by atoms with Crippen LogP contribution in [-0.2, 0) is 14.3 Å². The molecule has 6 heteroatoms. The molecule has 1 N–H and O–H groups in total. The molecule has 0 aromatic heterocycles. The number of unbranched alkanes of at least 4 members (excludes halogenated alkanes) is 1. The Labute approximate surface area is 143 Å². The van der Waals surface area contributed by atoms with E-state index in [2.05, 4.69) is 29.3 Å². The Morgan fingerprint density at radius 2 is 1.79 bits per heavy atom. The Kier molecular flexibility index (Phi) is 7.55. The minimum absolute atomic E-state index is 0.0352. The molecule has 6 nitrogen and oxygen atoms in total. The van der Waals surface area contributed by atoms with E-state index in [-0.39, 0.29) is 25.0 Å². The summed E-state index contributed by atoms with van der Waals surface area (Å²) in [7, 11) is 0. The molecule has 24 heavy (non-hydrogen) atoms. The third kappa shape index (κ3) is 5.85. The quantitative estimate of drug-likeness (QED) is 0.728. The maximum Gasteiger partial charge on any atom is 0.248 e. The highest BCUT2D eigenvalue weighted by Crippen LogP contribution is 2.15. The number of amides is 2. The highest BCUT2D eigenvalue weighted by atomic mass is 16.5. The standard InChI is InChI=1S/C18H27N3O3/c1-2-3-9-19-17(22)14-24-15-18(23)21-12-10-20(11-13-21)16-7-5-4-6-8-16/h4-8H,2-3,9-15H2,1H3,(H,19,22). The number of hydrogen-bond acceptors (Lipinski definition) is 4. The highest BCUT2D eigenvalue weighted by Gasteiger charge is 2.21. The lowest BCUT2D eigenvalue weighted by Gasteiger charge is -2.36. The molecule has 2 rings (SSSR count). The van der Waals surface area contributed by atoms with E-state index in [0.29, 0.717) is 19.6 Å². The average Bonchev–Trinajstić information content (AvgIpc) is 2.63. The lowest BCUT2D eigenvalue weighted by molar-refractivity contribution is -0.138. The molecular formula is C18H27N3O3. The molecule has 1 heterocycles. The van der Waals surface area contributed by atoms with Gasteiger partial charge in [-0.05, 0) is 18.6 Å². The average molecular weight is 333 g/mol. The number of anilines is 1. The minimum Gasteiger partial charge on any atom is -0.368 e. The highest BCUT2D eigenvalue weighted by molar-refractivity contribution is 5.79. The molecule has 0 atom stereocenters. The molecule has 0 saturated carbocycles. The van der Waals surface area contributed by atoms with Crippen molar-refractivity contribution >= 4 is 17.5 Å². The lowest BCUT2D eigenvalue weighted by atomic mass is 10.2. The van der Waals surface area contributed by atoms with Gasteiger partial charge in [0.2, 0.25) is 11.8 Å². The van der Waals surface area contributed by atoms with E-state index in [1.807, 2.05) is 18.2 Å². The van der Waals surface area contributed by atoms with Crippen molar-refractivity contribution in [2.24, 2.45) is 0 Å². The molecule has 0 unspecified atom stereocenters. The summed E-state index contributed by atoms with van der Waals surface area (Å²) in [6.07, 6.45) is 1.99. The Morgan fingerprint density at radius 1 is 1.08 bits per heavy atom. The van der Waals surface area contributed by atoms with E-state index in [9.17, 15) is 9.59 Å². The molecule has 1 aromatic rings. The molecule has 2 amide bonds. The van der Waals surface area contributed by atoms with Crippen molar-refractivity contribution in [3.05, 3.63) is 30.3 Å². The van der Waals surface area contributed by atoms with Crippen molar-refractivity contribution < 1.29 is 14.3 Å². The van der Waals surface area contributed by atoms with Gasteiger partial charge in [0.15, 0.2) is 0 Å². The first-order valence-electron chi connectivity index (χ1n) is 8.63. The number of ether oxygens (including phenoxy) is 1. The van der Waals surface area contributed by atoms with Crippen molar-refractivity contribution in [1.29, 1.82) is 0 Å². The molecule has 1 fully saturated rings. The van der Waals surface area contributed by atoms with Crippen LogP contribution >= 0.6 is 0 Å². The monoisotopic (exact) mass is 333 g/mol. The van der Waals surface area contributed by atoms with Crippen LogP contribution in [0.1, 0.15) is 19.8 Å². The number of hydrogen-bond donors (Lipinski definition) is 1. The predicted octanol–water partition coefficient (Wildman–Crippen LogP) is 1.27. The molecule has 0 aliphatic carbocycles. The zero-order chi connectivity index (χ0) is 17.2. The number of benzene rings is 1. The normalized spacial score (nSPS) is 14.5. The van der Waals surface area contributed by atoms with E-state index < -0.39 is 0 Å². The summed E-state index contributed by atoms with van der Waals surface area (Å²) in [6, 6.07) is 10.2. The summed E-state index contributed by atoms with van der Waals surface area (Å²) in [4.78, 5) is 27.7. The zero-order valence-corrected chi connectivity index (χ0v) is 14.4. The maximum atomic E-state index is 12.1. The first-order valence-corrected chi connectivity index (χ1v) is 8.63. The van der Waals surface area contributed by atoms with Gasteiger partial charge in [0.25, 0.3) is 0 Å². The van der Waals surface area contributed by atoms with E-state index in [1.165, 1.54) is 5.69 Å². The van der Waals surface area contributed by atoms with Gasteiger partial charge >= 0.3 is 0 Å². The van der Waals surface area contributed by atoms with Gasteiger partial charge in [-0.2, -0.15) is 0 Å². The summed E-state index contributed by atoms with van der Waals surface area (Å²) in [5, 5.41) is 2.77. The Balaban J connectivity index is 1.63. The van der Waals surface area contributed by atoms with Crippen LogP contribution in [0.2, 0.25) is 0 Å². The molecule has 1 aromatic carbocycles. The first-order chi connectivity index (χ1) is 11.7. The molecule has 1 aliphatic rings. The first kappa shape index (κ1) is 18.3. The summed E-state index contributed by atoms with van der Waals surface area (Å²) < 4.78 is 5.24. The SMILES string of the molecule is CCCCNC(=O)COCC(=O)N1CCN(c2ccccc2)CC1. The van der Waals surface area contributed by atoms with Crippen molar-refractivity contribution in [3.8, 4) is 0 Å². The van der Waals surface area contributed by atoms with E-state index in [1.54, 1.807) is 4.90 Å². The number of nitrogens with zero attached hydrogens (tertiary/aromatic N) is 2. The van der Waals surface area contributed by atoms with Gasteiger partial charge in [-0.3, -0.25) is 9.59 Å². The summed E-state index contributed by atoms with van der Waals surface area (Å²) in [5.41, 5.74) is 1.18. The van der Waals surface area contributed by atoms with Gasteiger partial charge in [0, 0.05) is 38.4 Å². The van der Waals surface area contributed by atoms with Crippen LogP contribution in [0.15, 0.2) is 30.3 Å². The second-order valence-corrected chi connectivity index (χ2v) is 5.90. The number of nitrogens with one attached hydrogen (secondary N) is 1. The molecule has 132 valence electrons. The Hall–Kier alpha value is -2.08. The van der Waals surface area contributed by atoms with Crippen LogP contribution in [0.25, 0.3) is 0 Å². The van der Waals surface area contributed by atoms with Crippen LogP contribution in [0, 0.1) is 0 Å². The summed E-state index contributed by atoms with van der Waals surface area (Å²) in [5.74, 6) is -0.214. The number of carbonyl (C=O) groups is 2. The van der Waals surface area contributed by atoms with Crippen LogP contribution in [0.5, 0.6) is 0 Å². The third-order valence-corrected chi connectivity index (χ3v) is 4.06. The topological polar surface area (TPSA) is 61.9 Å². The molecule has 0 radical (unpaired) electrons. The van der Waals surface area contributed by atoms with Gasteiger partial charge in [-0.15, -0.1) is 0 Å². The summed E-state index contributed by atoms with van der Waals surface area (Å²) in [6.45, 7) is 5.62. The van der Waals surface area contributed by atoms with Crippen LogP contribution in [0.3, 0.4) is 0 Å². The largest absolute Gasteiger partial charge is 0.368 e. The summed E-state index contributed by atoms with van der Waals surface area (Å²) >= 11 is 0. The van der Waals surface area contributed by atoms with Crippen LogP contribution in [-0.4, -0.2) is 62.7 Å². The number of rotatable bonds is 8. The Bertz CT molecular complexity index is 514. The van der Waals surface area contributed by atoms with Crippen molar-refractivity contribution in [1.82, 2.24) is 10.2 Å². The molecule has 0 spiro atoms. The van der Waals surface area contributed by atoms with Crippen LogP contribution in [0.4, 0.5) is 5.69 Å². The number of piperazine rings is 1. The van der Waals surface area contributed by atoms with Crippen molar-refractivity contribution in [2.45, 2.75) is 19.8 Å². The van der Waals surface area contributed by atoms with E-state index in [4.69, 9.17) is 4.74 Å². The second kappa shape index (κ2) is 9.93. The predicted molar refractivity (Wildman–Crippen MR) is 94.0 cm³/mol. The van der Waals surface area contributed by atoms with Gasteiger partial charge in [-0.25, -0.2) is 0 Å².